The second-order valence-electron chi connectivity index (χ2n) is 7.54. The highest BCUT2D eigenvalue weighted by Gasteiger charge is 2.33. The highest BCUT2D eigenvalue weighted by atomic mass is 31.2. The van der Waals surface area contributed by atoms with E-state index in [9.17, 15) is 9.36 Å². The number of hydrogen-bond donors (Lipinski definition) is 0. The van der Waals surface area contributed by atoms with E-state index < -0.39 is 7.14 Å². The number of unbranched alkanes of at least 4 members (excludes halogenated alkanes) is 6. The Balaban J connectivity index is 2.89. The lowest BCUT2D eigenvalue weighted by atomic mass is 10.0. The fraction of sp³-hybridized carbons (Fsp3) is 0.682. The Bertz CT molecular complexity index is 581. The van der Waals surface area contributed by atoms with Gasteiger partial charge in [0.25, 0.3) is 0 Å². The summed E-state index contributed by atoms with van der Waals surface area (Å²) in [5.41, 5.74) is 3.76. The van der Waals surface area contributed by atoms with Crippen molar-refractivity contribution in [2.75, 3.05) is 12.3 Å². The van der Waals surface area contributed by atoms with Crippen molar-refractivity contribution in [2.24, 2.45) is 0 Å². The first kappa shape index (κ1) is 22.2. The Hall–Kier alpha value is -0.880. The molecule has 0 radical (unpaired) electrons. The van der Waals surface area contributed by atoms with Crippen LogP contribution in [0.4, 0.5) is 0 Å². The smallest absolute Gasteiger partial charge is 0.221 e. The normalized spacial score (nSPS) is 13.6. The number of carbonyl (C=O) groups excluding carboxylic acids is 1. The largest absolute Gasteiger partial charge is 0.315 e. The summed E-state index contributed by atoms with van der Waals surface area (Å²) in [4.78, 5) is 13.2. The quantitative estimate of drug-likeness (QED) is 0.288. The Kier molecular flexibility index (Phi) is 9.72. The summed E-state index contributed by atoms with van der Waals surface area (Å²) in [6.45, 7) is 10.3. The minimum Gasteiger partial charge on any atom is -0.315 e. The maximum absolute atomic E-state index is 13.6. The van der Waals surface area contributed by atoms with E-state index in [1.165, 1.54) is 25.7 Å². The van der Waals surface area contributed by atoms with Crippen LogP contribution in [0.1, 0.15) is 92.3 Å². The van der Waals surface area contributed by atoms with E-state index >= 15 is 0 Å². The molecular weight excluding hydrogens is 327 g/mol. The average molecular weight is 365 g/mol. The number of hydrogen-bond acceptors (Lipinski definition) is 2. The first-order chi connectivity index (χ1) is 11.9. The molecule has 0 heterocycles. The van der Waals surface area contributed by atoms with Gasteiger partial charge < -0.3 is 4.57 Å². The zero-order valence-corrected chi connectivity index (χ0v) is 17.9. The highest BCUT2D eigenvalue weighted by Crippen LogP contribution is 2.51. The number of carbonyl (C=O) groups is 1. The summed E-state index contributed by atoms with van der Waals surface area (Å²) in [6.07, 6.45) is 9.98. The van der Waals surface area contributed by atoms with Crippen molar-refractivity contribution in [1.82, 2.24) is 0 Å². The van der Waals surface area contributed by atoms with Crippen LogP contribution in [0.3, 0.4) is 0 Å². The Morgan fingerprint density at radius 2 is 1.28 bits per heavy atom. The molecule has 142 valence electrons. The summed E-state index contributed by atoms with van der Waals surface area (Å²) in [6, 6.07) is 4.07. The van der Waals surface area contributed by atoms with E-state index in [-0.39, 0.29) is 5.52 Å². The molecule has 0 saturated heterocycles. The van der Waals surface area contributed by atoms with Gasteiger partial charge in [0.05, 0.1) is 0 Å². The number of rotatable bonds is 12. The molecule has 3 heteroatoms. The van der Waals surface area contributed by atoms with Crippen molar-refractivity contribution in [3.8, 4) is 0 Å². The van der Waals surface area contributed by atoms with Crippen LogP contribution in [0.2, 0.25) is 0 Å². The van der Waals surface area contributed by atoms with Crippen LogP contribution >= 0.6 is 7.14 Å². The summed E-state index contributed by atoms with van der Waals surface area (Å²) < 4.78 is 13.6. The maximum Gasteiger partial charge on any atom is 0.221 e. The van der Waals surface area contributed by atoms with Gasteiger partial charge in [0.2, 0.25) is 5.52 Å². The van der Waals surface area contributed by atoms with Crippen LogP contribution in [0.5, 0.6) is 0 Å². The second kappa shape index (κ2) is 11.0. The third-order valence-electron chi connectivity index (χ3n) is 5.01. The molecule has 0 saturated carbocycles. The summed E-state index contributed by atoms with van der Waals surface area (Å²) in [5, 5.41) is 0. The molecule has 1 aromatic rings. The second-order valence-corrected chi connectivity index (χ2v) is 10.6. The molecule has 1 rings (SSSR count). The standard InChI is InChI=1S/C22H37O2P/c1-6-8-10-11-12-13-15-25(24,14-9-7-2)22(23)21-19(4)16-18(3)17-20(21)5/h16-17H,6-15H2,1-5H3. The van der Waals surface area contributed by atoms with E-state index in [4.69, 9.17) is 0 Å². The lowest BCUT2D eigenvalue weighted by molar-refractivity contribution is 0.107. The molecule has 0 aliphatic rings. The summed E-state index contributed by atoms with van der Waals surface area (Å²) in [5.74, 6) is 0. The molecule has 1 atom stereocenters. The molecule has 0 N–H and O–H groups in total. The van der Waals surface area contributed by atoms with Gasteiger partial charge in [0.1, 0.15) is 0 Å². The van der Waals surface area contributed by atoms with Gasteiger partial charge in [-0.05, 0) is 44.7 Å². The van der Waals surface area contributed by atoms with E-state index in [1.54, 1.807) is 0 Å². The average Bonchev–Trinajstić information content (AvgIpc) is 2.55. The van der Waals surface area contributed by atoms with Crippen molar-refractivity contribution in [3.05, 3.63) is 34.4 Å². The minimum atomic E-state index is -2.81. The molecule has 1 aromatic carbocycles. The Morgan fingerprint density at radius 3 is 1.84 bits per heavy atom. The van der Waals surface area contributed by atoms with Crippen LogP contribution in [0, 0.1) is 20.8 Å². The maximum atomic E-state index is 13.6. The molecule has 0 aliphatic heterocycles. The van der Waals surface area contributed by atoms with Crippen molar-refractivity contribution in [3.63, 3.8) is 0 Å². The zero-order chi connectivity index (χ0) is 18.9. The predicted octanol–water partition coefficient (Wildman–Crippen LogP) is 7.28. The van der Waals surface area contributed by atoms with Crippen molar-refractivity contribution < 1.29 is 9.36 Å². The predicted molar refractivity (Wildman–Crippen MR) is 111 cm³/mol. The van der Waals surface area contributed by atoms with E-state index in [0.717, 1.165) is 47.9 Å². The molecule has 0 aliphatic carbocycles. The molecular formula is C22H37O2P. The first-order valence-electron chi connectivity index (χ1n) is 10.1. The molecule has 0 fully saturated rings. The SMILES string of the molecule is CCCCCCCCP(=O)(CCCC)C(=O)c1c(C)cc(C)cc1C. The fourth-order valence-corrected chi connectivity index (χ4v) is 6.55. The third kappa shape index (κ3) is 6.74. The van der Waals surface area contributed by atoms with Gasteiger partial charge in [-0.1, -0.05) is 70.1 Å². The highest BCUT2D eigenvalue weighted by molar-refractivity contribution is 7.81. The Labute approximate surface area is 155 Å². The summed E-state index contributed by atoms with van der Waals surface area (Å²) >= 11 is 0. The molecule has 0 amide bonds. The fourth-order valence-electron chi connectivity index (χ4n) is 3.60. The van der Waals surface area contributed by atoms with Gasteiger partial charge in [0.15, 0.2) is 7.14 Å². The molecule has 1 unspecified atom stereocenters. The van der Waals surface area contributed by atoms with Gasteiger partial charge in [-0.15, -0.1) is 0 Å². The van der Waals surface area contributed by atoms with Crippen molar-refractivity contribution in [2.45, 2.75) is 86.0 Å². The summed E-state index contributed by atoms with van der Waals surface area (Å²) in [7, 11) is -2.81. The van der Waals surface area contributed by atoms with Gasteiger partial charge in [0, 0.05) is 17.9 Å². The molecule has 2 nitrogen and oxygen atoms in total. The van der Waals surface area contributed by atoms with Crippen molar-refractivity contribution >= 4 is 12.7 Å². The molecule has 0 spiro atoms. The van der Waals surface area contributed by atoms with Gasteiger partial charge in [-0.3, -0.25) is 4.79 Å². The van der Waals surface area contributed by atoms with Gasteiger partial charge >= 0.3 is 0 Å². The van der Waals surface area contributed by atoms with Crippen LogP contribution in [0.25, 0.3) is 0 Å². The minimum absolute atomic E-state index is 0.0653. The molecule has 25 heavy (non-hydrogen) atoms. The van der Waals surface area contributed by atoms with Crippen LogP contribution in [-0.4, -0.2) is 17.8 Å². The topological polar surface area (TPSA) is 34.1 Å². The van der Waals surface area contributed by atoms with E-state index in [1.807, 2.05) is 32.9 Å². The van der Waals surface area contributed by atoms with Crippen molar-refractivity contribution in [1.29, 1.82) is 0 Å². The van der Waals surface area contributed by atoms with Crippen LogP contribution < -0.4 is 0 Å². The molecule has 0 bridgehead atoms. The Morgan fingerprint density at radius 1 is 0.800 bits per heavy atom. The zero-order valence-electron chi connectivity index (χ0n) is 17.0. The van der Waals surface area contributed by atoms with Gasteiger partial charge in [-0.25, -0.2) is 0 Å². The van der Waals surface area contributed by atoms with E-state index in [2.05, 4.69) is 13.8 Å². The lowest BCUT2D eigenvalue weighted by Gasteiger charge is -2.20. The molecule has 0 aromatic heterocycles. The lowest BCUT2D eigenvalue weighted by Crippen LogP contribution is -2.11. The van der Waals surface area contributed by atoms with Crippen LogP contribution in [-0.2, 0) is 4.57 Å². The number of benzene rings is 1. The van der Waals surface area contributed by atoms with E-state index in [0.29, 0.717) is 12.3 Å². The van der Waals surface area contributed by atoms with Gasteiger partial charge in [-0.2, -0.15) is 0 Å². The first-order valence-corrected chi connectivity index (χ1v) is 12.1. The monoisotopic (exact) mass is 364 g/mol. The third-order valence-corrected chi connectivity index (χ3v) is 8.05. The number of aryl methyl sites for hydroxylation is 3. The van der Waals surface area contributed by atoms with Crippen LogP contribution in [0.15, 0.2) is 12.1 Å².